The van der Waals surface area contributed by atoms with Crippen molar-refractivity contribution in [2.45, 2.75) is 6.92 Å². The van der Waals surface area contributed by atoms with Crippen LogP contribution in [0.3, 0.4) is 0 Å². The first-order chi connectivity index (χ1) is 12.2. The van der Waals surface area contributed by atoms with Gasteiger partial charge in [0.05, 0.1) is 24.6 Å². The molecule has 2 aromatic carbocycles. The molecule has 1 N–H and O–H groups in total. The molecule has 0 heterocycles. The largest absolute Gasteiger partial charge is 0.465 e. The first-order valence-corrected chi connectivity index (χ1v) is 9.59. The van der Waals surface area contributed by atoms with Crippen LogP contribution in [-0.4, -0.2) is 40.2 Å². The second-order valence-electron chi connectivity index (χ2n) is 5.70. The Balaban J connectivity index is 2.32. The molecule has 0 aliphatic carbocycles. The second kappa shape index (κ2) is 8.01. The maximum absolute atomic E-state index is 12.4. The van der Waals surface area contributed by atoms with E-state index in [0.717, 1.165) is 16.1 Å². The molecule has 2 aromatic rings. The minimum atomic E-state index is -3.81. The van der Waals surface area contributed by atoms with E-state index in [9.17, 15) is 18.0 Å². The van der Waals surface area contributed by atoms with Crippen LogP contribution in [0.25, 0.3) is 0 Å². The number of aryl methyl sites for hydroxylation is 1. The van der Waals surface area contributed by atoms with Gasteiger partial charge in [0.1, 0.15) is 6.54 Å². The van der Waals surface area contributed by atoms with Crippen molar-refractivity contribution in [1.29, 1.82) is 0 Å². The Labute approximate surface area is 152 Å². The zero-order valence-corrected chi connectivity index (χ0v) is 15.5. The van der Waals surface area contributed by atoms with E-state index in [1.807, 2.05) is 13.0 Å². The Morgan fingerprint density at radius 2 is 1.81 bits per heavy atom. The van der Waals surface area contributed by atoms with Gasteiger partial charge < -0.3 is 10.1 Å². The molecule has 7 nitrogen and oxygen atoms in total. The Morgan fingerprint density at radius 3 is 2.42 bits per heavy atom. The Hall–Kier alpha value is -2.87. The van der Waals surface area contributed by atoms with Crippen molar-refractivity contribution in [1.82, 2.24) is 0 Å². The highest BCUT2D eigenvalue weighted by Gasteiger charge is 2.25. The molecule has 0 bridgehead atoms. The summed E-state index contributed by atoms with van der Waals surface area (Å²) in [5.41, 5.74) is 1.66. The summed E-state index contributed by atoms with van der Waals surface area (Å²) in [6.07, 6.45) is 0.973. The number of methoxy groups -OCH3 is 1. The van der Waals surface area contributed by atoms with E-state index < -0.39 is 28.4 Å². The summed E-state index contributed by atoms with van der Waals surface area (Å²) in [4.78, 5) is 24.3. The lowest BCUT2D eigenvalue weighted by Crippen LogP contribution is -2.38. The fraction of sp³-hybridized carbons (Fsp3) is 0.222. The van der Waals surface area contributed by atoms with Gasteiger partial charge in [-0.3, -0.25) is 9.10 Å². The number of hydrogen-bond acceptors (Lipinski definition) is 5. The molecule has 2 rings (SSSR count). The molecule has 0 fully saturated rings. The quantitative estimate of drug-likeness (QED) is 0.780. The Morgan fingerprint density at radius 1 is 1.12 bits per heavy atom. The molecule has 0 saturated heterocycles. The normalized spacial score (nSPS) is 10.9. The van der Waals surface area contributed by atoms with Crippen molar-refractivity contribution in [3.8, 4) is 0 Å². The number of nitrogens with one attached hydrogen (secondary N) is 1. The number of anilines is 2. The zero-order valence-electron chi connectivity index (χ0n) is 14.7. The first-order valence-electron chi connectivity index (χ1n) is 7.74. The van der Waals surface area contributed by atoms with Crippen LogP contribution >= 0.6 is 0 Å². The molecule has 0 saturated carbocycles. The van der Waals surface area contributed by atoms with Gasteiger partial charge in [-0.2, -0.15) is 0 Å². The number of esters is 1. The standard InChI is InChI=1S/C18H20N2O5S/c1-13-7-6-8-14(11-13)19-17(21)12-20(26(3,23)24)16-10-5-4-9-15(16)18(22)25-2/h4-11H,12H2,1-3H3,(H,19,21). The van der Waals surface area contributed by atoms with Gasteiger partial charge in [0.15, 0.2) is 0 Å². The first kappa shape index (κ1) is 19.5. The number of nitrogens with zero attached hydrogens (tertiary/aromatic N) is 1. The number of hydrogen-bond donors (Lipinski definition) is 1. The minimum absolute atomic E-state index is 0.0591. The maximum Gasteiger partial charge on any atom is 0.340 e. The highest BCUT2D eigenvalue weighted by Crippen LogP contribution is 2.23. The number of amides is 1. The molecule has 1 amide bonds. The third-order valence-corrected chi connectivity index (χ3v) is 4.69. The van der Waals surface area contributed by atoms with Crippen molar-refractivity contribution in [3.63, 3.8) is 0 Å². The molecule has 8 heteroatoms. The van der Waals surface area contributed by atoms with Crippen LogP contribution in [-0.2, 0) is 19.6 Å². The number of ether oxygens (including phenoxy) is 1. The van der Waals surface area contributed by atoms with Gasteiger partial charge in [0.25, 0.3) is 0 Å². The smallest absolute Gasteiger partial charge is 0.340 e. The van der Waals surface area contributed by atoms with Gasteiger partial charge in [0, 0.05) is 5.69 Å². The van der Waals surface area contributed by atoms with Crippen LogP contribution in [0.15, 0.2) is 48.5 Å². The van der Waals surface area contributed by atoms with Crippen molar-refractivity contribution >= 4 is 33.3 Å². The molecular weight excluding hydrogens is 356 g/mol. The predicted octanol–water partition coefficient (Wildman–Crippen LogP) is 2.19. The summed E-state index contributed by atoms with van der Waals surface area (Å²) in [6, 6.07) is 13.2. The number of sulfonamides is 1. The van der Waals surface area contributed by atoms with E-state index in [0.29, 0.717) is 5.69 Å². The lowest BCUT2D eigenvalue weighted by atomic mass is 10.2. The summed E-state index contributed by atoms with van der Waals surface area (Å²) in [5.74, 6) is -1.21. The molecule has 0 aliphatic rings. The van der Waals surface area contributed by atoms with E-state index in [4.69, 9.17) is 4.74 Å². The van der Waals surface area contributed by atoms with Gasteiger partial charge in [-0.05, 0) is 36.8 Å². The number of carbonyl (C=O) groups is 2. The lowest BCUT2D eigenvalue weighted by molar-refractivity contribution is -0.114. The number of carbonyl (C=O) groups excluding carboxylic acids is 2. The fourth-order valence-corrected chi connectivity index (χ4v) is 3.28. The molecule has 0 aliphatic heterocycles. The zero-order chi connectivity index (χ0) is 19.3. The topological polar surface area (TPSA) is 92.8 Å². The van der Waals surface area contributed by atoms with E-state index in [2.05, 4.69) is 5.32 Å². The summed E-state index contributed by atoms with van der Waals surface area (Å²) in [7, 11) is -2.61. The van der Waals surface area contributed by atoms with Crippen LogP contribution in [0, 0.1) is 6.92 Å². The number of para-hydroxylation sites is 1. The van der Waals surface area contributed by atoms with Crippen LogP contribution in [0.2, 0.25) is 0 Å². The Kier molecular flexibility index (Phi) is 5.99. The maximum atomic E-state index is 12.4. The summed E-state index contributed by atoms with van der Waals surface area (Å²) in [6.45, 7) is 1.41. The molecule has 0 unspecified atom stereocenters. The van der Waals surface area contributed by atoms with Gasteiger partial charge in [-0.25, -0.2) is 13.2 Å². The number of benzene rings is 2. The summed E-state index contributed by atoms with van der Waals surface area (Å²) >= 11 is 0. The van der Waals surface area contributed by atoms with Crippen molar-refractivity contribution in [2.75, 3.05) is 29.5 Å². The molecular formula is C18H20N2O5S. The average Bonchev–Trinajstić information content (AvgIpc) is 2.58. The summed E-state index contributed by atoms with van der Waals surface area (Å²) in [5, 5.41) is 2.66. The molecule has 0 spiro atoms. The van der Waals surface area contributed by atoms with E-state index in [1.165, 1.54) is 19.2 Å². The van der Waals surface area contributed by atoms with Gasteiger partial charge in [-0.1, -0.05) is 24.3 Å². The average molecular weight is 376 g/mol. The van der Waals surface area contributed by atoms with Crippen LogP contribution in [0.4, 0.5) is 11.4 Å². The highest BCUT2D eigenvalue weighted by atomic mass is 32.2. The van der Waals surface area contributed by atoms with Crippen molar-refractivity contribution < 1.29 is 22.7 Å². The van der Waals surface area contributed by atoms with E-state index >= 15 is 0 Å². The fourth-order valence-electron chi connectivity index (χ4n) is 2.41. The molecule has 0 aromatic heterocycles. The molecule has 26 heavy (non-hydrogen) atoms. The SMILES string of the molecule is COC(=O)c1ccccc1N(CC(=O)Nc1cccc(C)c1)S(C)(=O)=O. The van der Waals surface area contributed by atoms with Crippen molar-refractivity contribution in [3.05, 3.63) is 59.7 Å². The monoisotopic (exact) mass is 376 g/mol. The van der Waals surface area contributed by atoms with Crippen molar-refractivity contribution in [2.24, 2.45) is 0 Å². The third kappa shape index (κ3) is 4.82. The third-order valence-electron chi connectivity index (χ3n) is 3.57. The van der Waals surface area contributed by atoms with Crippen LogP contribution in [0.1, 0.15) is 15.9 Å². The highest BCUT2D eigenvalue weighted by molar-refractivity contribution is 7.92. The second-order valence-corrected chi connectivity index (χ2v) is 7.60. The van der Waals surface area contributed by atoms with Gasteiger partial charge in [-0.15, -0.1) is 0 Å². The van der Waals surface area contributed by atoms with Gasteiger partial charge in [0.2, 0.25) is 15.9 Å². The Bertz CT molecular complexity index is 925. The van der Waals surface area contributed by atoms with E-state index in [-0.39, 0.29) is 11.3 Å². The predicted molar refractivity (Wildman–Crippen MR) is 99.8 cm³/mol. The molecule has 0 radical (unpaired) electrons. The van der Waals surface area contributed by atoms with Crippen LogP contribution < -0.4 is 9.62 Å². The van der Waals surface area contributed by atoms with Gasteiger partial charge >= 0.3 is 5.97 Å². The minimum Gasteiger partial charge on any atom is -0.465 e. The van der Waals surface area contributed by atoms with E-state index in [1.54, 1.807) is 30.3 Å². The number of rotatable bonds is 6. The molecule has 138 valence electrons. The lowest BCUT2D eigenvalue weighted by Gasteiger charge is -2.23. The van der Waals surface area contributed by atoms with Crippen LogP contribution in [0.5, 0.6) is 0 Å². The molecule has 0 atom stereocenters. The summed E-state index contributed by atoms with van der Waals surface area (Å²) < 4.78 is 30.0.